The number of pyridine rings is 1. The maximum atomic E-state index is 5.61. The van der Waals surface area contributed by atoms with Crippen LogP contribution in [0.2, 0.25) is 0 Å². The van der Waals surface area contributed by atoms with Gasteiger partial charge in [0.05, 0.1) is 11.7 Å². The highest BCUT2D eigenvalue weighted by atomic mass is 15.2. The fourth-order valence-corrected chi connectivity index (χ4v) is 2.42. The van der Waals surface area contributed by atoms with Gasteiger partial charge in [-0.25, -0.2) is 4.98 Å². The minimum absolute atomic E-state index is 0.235. The van der Waals surface area contributed by atoms with E-state index in [-0.39, 0.29) is 6.04 Å². The van der Waals surface area contributed by atoms with Gasteiger partial charge in [-0.15, -0.1) is 0 Å². The fourth-order valence-electron chi connectivity index (χ4n) is 2.42. The van der Waals surface area contributed by atoms with Gasteiger partial charge >= 0.3 is 0 Å². The Morgan fingerprint density at radius 3 is 2.81 bits per heavy atom. The lowest BCUT2D eigenvalue weighted by atomic mass is 10.1. The molecule has 1 unspecified atom stereocenters. The van der Waals surface area contributed by atoms with Crippen LogP contribution in [-0.2, 0) is 6.54 Å². The molecule has 0 bridgehead atoms. The van der Waals surface area contributed by atoms with Crippen molar-refractivity contribution >= 4 is 0 Å². The molecule has 114 valence electrons. The molecule has 0 aliphatic rings. The summed E-state index contributed by atoms with van der Waals surface area (Å²) in [7, 11) is 0. The van der Waals surface area contributed by atoms with E-state index in [1.165, 1.54) is 5.56 Å². The number of imidazole rings is 1. The summed E-state index contributed by atoms with van der Waals surface area (Å²) in [5.41, 5.74) is 7.97. The van der Waals surface area contributed by atoms with Crippen molar-refractivity contribution in [3.63, 3.8) is 0 Å². The molecule has 2 aromatic rings. The minimum atomic E-state index is 0.235. The first-order valence-corrected chi connectivity index (χ1v) is 7.56. The van der Waals surface area contributed by atoms with Crippen molar-refractivity contribution in [3.8, 4) is 0 Å². The van der Waals surface area contributed by atoms with Crippen molar-refractivity contribution in [1.82, 2.24) is 19.9 Å². The second-order valence-corrected chi connectivity index (χ2v) is 5.38. The third-order valence-corrected chi connectivity index (χ3v) is 3.83. The minimum Gasteiger partial charge on any atom is -0.347 e. The highest BCUT2D eigenvalue weighted by Gasteiger charge is 2.18. The van der Waals surface area contributed by atoms with E-state index < -0.39 is 0 Å². The quantitative estimate of drug-likeness (QED) is 0.731. The van der Waals surface area contributed by atoms with Crippen molar-refractivity contribution in [1.29, 1.82) is 0 Å². The monoisotopic (exact) mass is 287 g/mol. The molecule has 0 saturated heterocycles. The summed E-state index contributed by atoms with van der Waals surface area (Å²) in [5, 5.41) is 0. The van der Waals surface area contributed by atoms with Crippen LogP contribution in [0.15, 0.2) is 30.7 Å². The zero-order chi connectivity index (χ0) is 15.1. The molecule has 0 fully saturated rings. The average molecular weight is 287 g/mol. The van der Waals surface area contributed by atoms with E-state index in [0.717, 1.165) is 44.0 Å². The lowest BCUT2D eigenvalue weighted by molar-refractivity contribution is 0.188. The summed E-state index contributed by atoms with van der Waals surface area (Å²) < 4.78 is 0. The SMILES string of the molecule is Cc1cccnc1CN(CCCCN)C(C)c1ncc[nH]1. The van der Waals surface area contributed by atoms with Crippen LogP contribution >= 0.6 is 0 Å². The van der Waals surface area contributed by atoms with E-state index in [2.05, 4.69) is 39.8 Å². The number of nitrogens with zero attached hydrogens (tertiary/aromatic N) is 3. The Kier molecular flexibility index (Phi) is 5.90. The van der Waals surface area contributed by atoms with Crippen LogP contribution in [0.1, 0.15) is 42.9 Å². The predicted octanol–water partition coefficient (Wildman–Crippen LogP) is 2.42. The maximum Gasteiger partial charge on any atom is 0.123 e. The molecule has 2 aromatic heterocycles. The highest BCUT2D eigenvalue weighted by molar-refractivity contribution is 5.17. The molecule has 0 amide bonds. The number of hydrogen-bond donors (Lipinski definition) is 2. The lowest BCUT2D eigenvalue weighted by Crippen LogP contribution is -2.29. The van der Waals surface area contributed by atoms with Gasteiger partial charge < -0.3 is 10.7 Å². The van der Waals surface area contributed by atoms with E-state index in [4.69, 9.17) is 5.73 Å². The molecular formula is C16H25N5. The summed E-state index contributed by atoms with van der Waals surface area (Å²) in [6.07, 6.45) is 7.67. The van der Waals surface area contributed by atoms with Crippen LogP contribution in [0.3, 0.4) is 0 Å². The van der Waals surface area contributed by atoms with Gasteiger partial charge in [0.1, 0.15) is 5.82 Å². The second kappa shape index (κ2) is 7.90. The lowest BCUT2D eigenvalue weighted by Gasteiger charge is -2.28. The van der Waals surface area contributed by atoms with E-state index in [1.54, 1.807) is 6.20 Å². The van der Waals surface area contributed by atoms with E-state index in [1.807, 2.05) is 18.5 Å². The largest absolute Gasteiger partial charge is 0.347 e. The number of aryl methyl sites for hydroxylation is 1. The number of hydrogen-bond acceptors (Lipinski definition) is 4. The smallest absolute Gasteiger partial charge is 0.123 e. The average Bonchev–Trinajstić information content (AvgIpc) is 3.02. The van der Waals surface area contributed by atoms with Gasteiger partial charge in [0, 0.05) is 25.1 Å². The van der Waals surface area contributed by atoms with Gasteiger partial charge in [0.25, 0.3) is 0 Å². The number of nitrogens with one attached hydrogen (secondary N) is 1. The van der Waals surface area contributed by atoms with Crippen LogP contribution in [-0.4, -0.2) is 32.9 Å². The summed E-state index contributed by atoms with van der Waals surface area (Å²) >= 11 is 0. The topological polar surface area (TPSA) is 70.8 Å². The summed E-state index contributed by atoms with van der Waals surface area (Å²) in [5.74, 6) is 0.997. The maximum absolute atomic E-state index is 5.61. The number of aromatic amines is 1. The Morgan fingerprint density at radius 1 is 1.29 bits per heavy atom. The van der Waals surface area contributed by atoms with Gasteiger partial charge in [-0.05, 0) is 51.4 Å². The third-order valence-electron chi connectivity index (χ3n) is 3.83. The Labute approximate surface area is 126 Å². The summed E-state index contributed by atoms with van der Waals surface area (Å²) in [6, 6.07) is 4.32. The van der Waals surface area contributed by atoms with Crippen molar-refractivity contribution < 1.29 is 0 Å². The molecule has 21 heavy (non-hydrogen) atoms. The summed E-state index contributed by atoms with van der Waals surface area (Å²) in [4.78, 5) is 14.5. The first kappa shape index (κ1) is 15.7. The first-order chi connectivity index (χ1) is 10.2. The Bertz CT molecular complexity index is 523. The highest BCUT2D eigenvalue weighted by Crippen LogP contribution is 2.20. The Hall–Kier alpha value is -1.72. The normalized spacial score (nSPS) is 12.8. The zero-order valence-corrected chi connectivity index (χ0v) is 12.9. The van der Waals surface area contributed by atoms with Gasteiger partial charge in [0.2, 0.25) is 0 Å². The number of rotatable bonds is 8. The Balaban J connectivity index is 2.10. The van der Waals surface area contributed by atoms with Crippen LogP contribution in [0, 0.1) is 6.92 Å². The number of H-pyrrole nitrogens is 1. The van der Waals surface area contributed by atoms with Gasteiger partial charge in [-0.2, -0.15) is 0 Å². The van der Waals surface area contributed by atoms with Crippen molar-refractivity contribution in [2.45, 2.75) is 39.3 Å². The van der Waals surface area contributed by atoms with E-state index in [0.29, 0.717) is 0 Å². The van der Waals surface area contributed by atoms with Crippen molar-refractivity contribution in [2.75, 3.05) is 13.1 Å². The van der Waals surface area contributed by atoms with Crippen LogP contribution in [0.25, 0.3) is 0 Å². The summed E-state index contributed by atoms with van der Waals surface area (Å²) in [6.45, 7) is 6.86. The molecule has 2 heterocycles. The second-order valence-electron chi connectivity index (χ2n) is 5.38. The van der Waals surface area contributed by atoms with Crippen LogP contribution in [0.5, 0.6) is 0 Å². The number of unbranched alkanes of at least 4 members (excludes halogenated alkanes) is 1. The van der Waals surface area contributed by atoms with Crippen molar-refractivity contribution in [3.05, 3.63) is 47.8 Å². The standard InChI is InChI=1S/C16H25N5/c1-13-6-5-8-18-15(13)12-21(11-4-3-7-17)14(2)16-19-9-10-20-16/h5-6,8-10,14H,3-4,7,11-12,17H2,1-2H3,(H,19,20). The molecule has 0 aromatic carbocycles. The van der Waals surface area contributed by atoms with Gasteiger partial charge in [-0.3, -0.25) is 9.88 Å². The molecule has 5 nitrogen and oxygen atoms in total. The molecule has 1 atom stereocenters. The van der Waals surface area contributed by atoms with Gasteiger partial charge in [-0.1, -0.05) is 6.07 Å². The molecular weight excluding hydrogens is 262 g/mol. The molecule has 0 radical (unpaired) electrons. The predicted molar refractivity (Wildman–Crippen MR) is 84.7 cm³/mol. The van der Waals surface area contributed by atoms with E-state index in [9.17, 15) is 0 Å². The fraction of sp³-hybridized carbons (Fsp3) is 0.500. The molecule has 0 spiro atoms. The molecule has 3 N–H and O–H groups in total. The van der Waals surface area contributed by atoms with Crippen LogP contribution < -0.4 is 5.73 Å². The Morgan fingerprint density at radius 2 is 2.14 bits per heavy atom. The molecule has 0 aliphatic heterocycles. The number of aromatic nitrogens is 3. The van der Waals surface area contributed by atoms with Gasteiger partial charge in [0.15, 0.2) is 0 Å². The number of nitrogens with two attached hydrogens (primary N) is 1. The molecule has 0 aliphatic carbocycles. The first-order valence-electron chi connectivity index (χ1n) is 7.56. The zero-order valence-electron chi connectivity index (χ0n) is 12.9. The molecule has 5 heteroatoms. The van der Waals surface area contributed by atoms with E-state index >= 15 is 0 Å². The third kappa shape index (κ3) is 4.37. The van der Waals surface area contributed by atoms with Crippen molar-refractivity contribution in [2.24, 2.45) is 5.73 Å². The molecule has 2 rings (SSSR count). The van der Waals surface area contributed by atoms with Crippen LogP contribution in [0.4, 0.5) is 0 Å². The molecule has 0 saturated carbocycles.